The summed E-state index contributed by atoms with van der Waals surface area (Å²) in [4.78, 5) is 78.7. The van der Waals surface area contributed by atoms with Gasteiger partial charge in [-0.1, -0.05) is 201 Å². The number of halogens is 4. The molecule has 5 fully saturated rings. The van der Waals surface area contributed by atoms with Crippen LogP contribution >= 0.6 is 43.5 Å². The van der Waals surface area contributed by atoms with Crippen LogP contribution in [-0.2, 0) is 72.7 Å². The van der Waals surface area contributed by atoms with E-state index >= 15 is 0 Å². The van der Waals surface area contributed by atoms with Crippen molar-refractivity contribution in [2.45, 2.75) is 166 Å². The monoisotopic (exact) mass is 2240 g/mol. The van der Waals surface area contributed by atoms with Gasteiger partial charge in [0.05, 0.1) is 174 Å². The number of carbonyl (C=O) groups excluding carboxylic acids is 6. The molecule has 0 saturated carbocycles. The van der Waals surface area contributed by atoms with Gasteiger partial charge in [0.2, 0.25) is 0 Å². The van der Waals surface area contributed by atoms with E-state index in [1.165, 1.54) is 75.2 Å². The number of benzene rings is 6. The lowest BCUT2D eigenvalue weighted by Crippen LogP contribution is -2.36. The molecular formula is C108H133Br2ClFN21O17. The largest absolute Gasteiger partial charge is 0.469 e. The molecule has 5 saturated heterocycles. The summed E-state index contributed by atoms with van der Waals surface area (Å²) in [5, 5.41) is 106. The van der Waals surface area contributed by atoms with E-state index in [4.69, 9.17) is 86.0 Å². The first-order valence-corrected chi connectivity index (χ1v) is 47.8. The third-order valence-corrected chi connectivity index (χ3v) is 21.5. The maximum absolute atomic E-state index is 14.3. The quantitative estimate of drug-likeness (QED) is 0.0144. The summed E-state index contributed by atoms with van der Waals surface area (Å²) in [5.41, 5.74) is 7.05. The number of nitrogens with two attached hydrogens (primary N) is 1. The van der Waals surface area contributed by atoms with Gasteiger partial charge in [-0.3, -0.25) is 47.7 Å². The Hall–Kier alpha value is -13.9. The first-order valence-electron chi connectivity index (χ1n) is 59.8. The molecule has 6 atom stereocenters. The number of methoxy groups -OCH3 is 2. The lowest BCUT2D eigenvalue weighted by atomic mass is 10.0. The van der Waals surface area contributed by atoms with Gasteiger partial charge in [-0.2, -0.15) is 35.9 Å². The number of nitrogen functional groups attached to an aromatic ring is 1. The lowest BCUT2D eigenvalue weighted by Gasteiger charge is -2.23. The highest BCUT2D eigenvalue weighted by Crippen LogP contribution is 2.36. The molecule has 6 aliphatic rings. The van der Waals surface area contributed by atoms with E-state index in [9.17, 15) is 53.7 Å². The number of Topliss-reactive ketones (excluding diaryl/α,β-unsaturated/α-hetero) is 2. The van der Waals surface area contributed by atoms with Crippen molar-refractivity contribution < 1.29 is 127 Å². The number of imide groups is 1. The maximum atomic E-state index is 14.3. The Bertz CT molecular complexity index is 7660. The molecule has 800 valence electrons. The van der Waals surface area contributed by atoms with Gasteiger partial charge in [-0.25, -0.2) is 23.9 Å². The van der Waals surface area contributed by atoms with Crippen LogP contribution in [0.2, 0.25) is 5.02 Å². The van der Waals surface area contributed by atoms with Crippen LogP contribution in [0.4, 0.5) is 44.1 Å². The predicted octanol–water partition coefficient (Wildman–Crippen LogP) is 12.3. The Labute approximate surface area is 932 Å². The standard InChI is InChI=1S/C19H15ClFN3O3.C15H19N3O.C14H17N3O.2C14H15N3O.C10H11N3.C8H13N3O.C6H10O5.C4H8Br2O.C4H10O3/c1-19(2,3)27-18(26)24-9-14-16(17(24)25)11(20)7-13(23-14)15-10(8-22)5-4-6-12(15)21;1-15(19)8-10-17(12-15)14-7-9-18(16-14)11-13-5-3-2-4-6-13;3*18-13-6-8-16(11-13)14-7-9-17(15-14)10-12-4-2-1-3-5-12;11-10-6-7-13(12-10)8-9-4-2-1-3-5-9;1-8(12)3-5-11(6-8)7-2-4-9-10-7;1-10-5(8)3-4(7)6(9)11-2;2*5-2-1-4(7)3-6/h4-7H,9H2,1-3H3;2-7,9,19H,8,10-12H2,1H3;1-5,7,9,13,18H,6,8,10-11H2;2*1-5,7,9H,6,8,10-11H2;1-7H,8H2,(H2,11,12);2,4,12H,3,5-6H2,1H3,(H,9,10);4,7H,3H2,1-2H3;4,7H,1-3H2;4-7H,1-3H2/i;10D2,12D2;3*8D2,11D2;;5D2,6D2;;2*2D2,3D2. The number of pyridine rings is 1. The minimum Gasteiger partial charge on any atom is -0.469 e. The van der Waals surface area contributed by atoms with E-state index in [1.54, 1.807) is 82.5 Å². The number of nitrogens with one attached hydrogen (secondary N) is 1. The summed E-state index contributed by atoms with van der Waals surface area (Å²) in [7, 11) is 2.30. The highest BCUT2D eigenvalue weighted by molar-refractivity contribution is 9.09. The zero-order valence-electron chi connectivity index (χ0n) is 110. The number of hydrogen-bond acceptors (Lipinski definition) is 31. The molecule has 13 aromatic rings. The number of esters is 2. The molecule has 0 bridgehead atoms. The minimum atomic E-state index is -2.88. The maximum Gasteiger partial charge on any atom is 0.417 e. The number of aromatic nitrogens is 13. The number of amides is 2. The second kappa shape index (κ2) is 59.5. The van der Waals surface area contributed by atoms with Gasteiger partial charge in [0.25, 0.3) is 5.91 Å². The van der Waals surface area contributed by atoms with Crippen LogP contribution in [0, 0.1) is 17.1 Å². The number of hydrogen-bond donors (Lipinski definition) is 10. The fourth-order valence-corrected chi connectivity index (χ4v) is 14.1. The van der Waals surface area contributed by atoms with Crippen molar-refractivity contribution in [2.75, 3.05) is 133 Å². The summed E-state index contributed by atoms with van der Waals surface area (Å²) < 4.78 is 248. The molecule has 42 heteroatoms. The summed E-state index contributed by atoms with van der Waals surface area (Å²) in [6.45, 7) is -16.7. The van der Waals surface area contributed by atoms with E-state index in [-0.39, 0.29) is 101 Å². The van der Waals surface area contributed by atoms with Crippen LogP contribution in [0.25, 0.3) is 11.3 Å². The first-order chi connectivity index (χ1) is 82.1. The van der Waals surface area contributed by atoms with E-state index in [1.807, 2.05) is 156 Å². The molecule has 0 aliphatic carbocycles. The Kier molecular flexibility index (Phi) is 32.9. The second-order valence-corrected chi connectivity index (χ2v) is 35.3. The fourth-order valence-electron chi connectivity index (χ4n) is 13.3. The van der Waals surface area contributed by atoms with Crippen molar-refractivity contribution in [3.8, 4) is 17.3 Å². The van der Waals surface area contributed by atoms with Crippen LogP contribution in [0.3, 0.4) is 0 Å². The number of H-pyrrole nitrogens is 1. The molecule has 0 radical (unpaired) electrons. The van der Waals surface area contributed by atoms with Gasteiger partial charge in [0, 0.05) is 162 Å². The molecule has 38 nitrogen and oxygen atoms in total. The smallest absolute Gasteiger partial charge is 0.417 e. The number of β-amino-alcohol motifs (C(OH)–C–C–N with tert-alkyl or cyclic N) is 3. The Morgan fingerprint density at radius 3 is 1.39 bits per heavy atom. The predicted molar refractivity (Wildman–Crippen MR) is 576 cm³/mol. The second-order valence-electron chi connectivity index (χ2n) is 33.9. The van der Waals surface area contributed by atoms with Crippen LogP contribution in [0.15, 0.2) is 250 Å². The molecule has 13 heterocycles. The minimum absolute atomic E-state index is 0.00660. The summed E-state index contributed by atoms with van der Waals surface area (Å²) in [6.07, 6.45) is -0.370. The Morgan fingerprint density at radius 1 is 0.593 bits per heavy atom. The van der Waals surface area contributed by atoms with Gasteiger partial charge < -0.3 is 85.3 Å². The summed E-state index contributed by atoms with van der Waals surface area (Å²) in [6, 6.07) is 65.6. The number of nitrogens with zero attached hydrogens (tertiary/aromatic N) is 19. The van der Waals surface area contributed by atoms with Crippen LogP contribution in [0.5, 0.6) is 0 Å². The average molecular weight is 2240 g/mol. The van der Waals surface area contributed by atoms with Crippen LogP contribution < -0.4 is 30.2 Å². The van der Waals surface area contributed by atoms with E-state index in [0.717, 1.165) is 65.3 Å². The van der Waals surface area contributed by atoms with E-state index < -0.39 is 190 Å². The number of aromatic amines is 1. The highest BCUT2D eigenvalue weighted by Gasteiger charge is 2.40. The number of rotatable bonds is 25. The van der Waals surface area contributed by atoms with Gasteiger partial charge >= 0.3 is 18.0 Å². The molecule has 0 spiro atoms. The van der Waals surface area contributed by atoms with Crippen molar-refractivity contribution in [1.29, 1.82) is 5.26 Å². The molecule has 2 amide bonds. The zero-order chi connectivity index (χ0) is 133. The third kappa shape index (κ3) is 39.2. The Morgan fingerprint density at radius 2 is 1.04 bits per heavy atom. The van der Waals surface area contributed by atoms with Crippen molar-refractivity contribution in [3.63, 3.8) is 0 Å². The lowest BCUT2D eigenvalue weighted by molar-refractivity contribution is -0.156. The number of carbonyl (C=O) groups is 6. The summed E-state index contributed by atoms with van der Waals surface area (Å²) >= 11 is 11.5. The van der Waals surface area contributed by atoms with Crippen LogP contribution in [-0.4, -0.2) is 289 Å². The number of alkyl halides is 2. The van der Waals surface area contributed by atoms with Gasteiger partial charge in [0.15, 0.2) is 40.9 Å². The zero-order valence-corrected chi connectivity index (χ0v) is 86.1. The van der Waals surface area contributed by atoms with Crippen molar-refractivity contribution >= 4 is 114 Å². The Balaban J connectivity index is 0.000000201. The summed E-state index contributed by atoms with van der Waals surface area (Å²) in [5.74, 6) is -2.90. The normalized spacial score (nSPS) is 23.3. The number of fused-ring (bicyclic) bond motifs is 1. The SMILES string of the molecule is CC(C)(C)OC(=O)N1Cc2nc(-c3c(F)cccc3C#N)cc(Cl)c2C1=O.COC(=O)CC(O)C(=O)OC.Nc1ccn(Cc2ccccc2)n1.[2H]C([2H])(Br)CC(O)C([2H])([2H])Br.[2H]C([2H])(O)CC(O)C([2H])([2H])O.[2H]C1([2H])CC(=O)C([2H])([2H])N1c1ccn(Cc2ccccc2)n1.[2H]C1([2H])CC(=O)C([2H])([2H])N1c1ccn(Cc2ccccc2)n1.[2H]C1([2H])CC(C)(O)C([2H])([2H])N1c1ccn(Cc2ccccc2)n1.[2H]C1([2H])CC(C)(O)C([2H])([2H])N1c1ccn[nH]1.[2H]C1([2H])CC(O)C([2H])([2H])N1c1ccn(Cc2ccccc2)n1. The number of aliphatic hydroxyl groups excluding tert-OH is 4. The van der Waals surface area contributed by atoms with Gasteiger partial charge in [-0.05, 0) is 119 Å². The molecule has 6 aliphatic heterocycles. The van der Waals surface area contributed by atoms with E-state index in [2.05, 4.69) is 94.1 Å². The number of anilines is 6. The first kappa shape index (κ1) is 82.9. The molecular weight excluding hydrogens is 2080 g/mol. The molecule has 19 rings (SSSR count). The molecule has 7 aromatic heterocycles. The molecule has 6 aromatic carbocycles. The number of ether oxygens (including phenoxy) is 3. The van der Waals surface area contributed by atoms with Crippen molar-refractivity contribution in [3.05, 3.63) is 305 Å². The average Bonchev–Trinajstić information content (AvgIpc) is 1.56. The van der Waals surface area contributed by atoms with Gasteiger partial charge in [0.1, 0.15) is 23.1 Å². The van der Waals surface area contributed by atoms with Gasteiger partial charge in [-0.15, -0.1) is 0 Å². The number of nitriles is 1. The number of ketones is 2. The fraction of sp³-hybridized carbons (Fsp3) is 0.389. The van der Waals surface area contributed by atoms with Crippen molar-refractivity contribution in [1.82, 2.24) is 69.0 Å². The van der Waals surface area contributed by atoms with Crippen molar-refractivity contribution in [2.24, 2.45) is 0 Å². The molecule has 150 heavy (non-hydrogen) atoms. The van der Waals surface area contributed by atoms with Crippen LogP contribution in [0.1, 0.15) is 174 Å². The molecule has 11 N–H and O–H groups in total. The highest BCUT2D eigenvalue weighted by atomic mass is 79.9. The number of aliphatic hydroxyl groups is 8. The third-order valence-electron chi connectivity index (χ3n) is 20.3. The van der Waals surface area contributed by atoms with E-state index in [0.29, 0.717) is 32.0 Å². The molecule has 6 unspecified atom stereocenters. The topological polar surface area (TPSA) is 492 Å².